The average molecular weight is 274 g/mol. The fourth-order valence-electron chi connectivity index (χ4n) is 2.82. The largest absolute Gasteiger partial charge is 0.481 e. The number of amides is 1. The van der Waals surface area contributed by atoms with Crippen molar-refractivity contribution < 1.29 is 14.7 Å². The van der Waals surface area contributed by atoms with E-state index in [1.807, 2.05) is 18.2 Å². The maximum atomic E-state index is 12.3. The molecule has 1 aromatic rings. The van der Waals surface area contributed by atoms with Crippen molar-refractivity contribution in [1.82, 2.24) is 4.90 Å². The number of benzene rings is 1. The molecule has 2 aliphatic rings. The Balaban J connectivity index is 1.65. The first kappa shape index (κ1) is 13.0. The minimum absolute atomic E-state index is 0.00791. The van der Waals surface area contributed by atoms with Crippen LogP contribution < -0.4 is 5.32 Å². The summed E-state index contributed by atoms with van der Waals surface area (Å²) in [5.74, 6) is -1.09. The van der Waals surface area contributed by atoms with Crippen LogP contribution in [-0.2, 0) is 11.2 Å². The Bertz CT molecular complexity index is 564. The van der Waals surface area contributed by atoms with E-state index in [1.54, 1.807) is 11.8 Å². The molecule has 0 aromatic heterocycles. The molecule has 0 bridgehead atoms. The number of carboxylic acids is 1. The molecule has 2 heterocycles. The van der Waals surface area contributed by atoms with E-state index in [-0.39, 0.29) is 17.7 Å². The average Bonchev–Trinajstić information content (AvgIpc) is 2.83. The van der Waals surface area contributed by atoms with Crippen molar-refractivity contribution in [3.05, 3.63) is 29.3 Å². The molecule has 2 aliphatic heterocycles. The molecule has 1 fully saturated rings. The van der Waals surface area contributed by atoms with Gasteiger partial charge in [-0.2, -0.15) is 0 Å². The van der Waals surface area contributed by atoms with Gasteiger partial charge in [-0.1, -0.05) is 6.92 Å². The first-order chi connectivity index (χ1) is 9.56. The van der Waals surface area contributed by atoms with Crippen LogP contribution in [0.1, 0.15) is 22.8 Å². The van der Waals surface area contributed by atoms with Gasteiger partial charge in [-0.05, 0) is 30.2 Å². The molecule has 1 aromatic carbocycles. The number of carbonyl (C=O) groups excluding carboxylic acids is 1. The Labute approximate surface area is 117 Å². The van der Waals surface area contributed by atoms with Crippen LogP contribution in [0.4, 0.5) is 5.69 Å². The maximum absolute atomic E-state index is 12.3. The Kier molecular flexibility index (Phi) is 3.12. The molecule has 1 atom stereocenters. The van der Waals surface area contributed by atoms with Gasteiger partial charge in [0.2, 0.25) is 0 Å². The zero-order valence-corrected chi connectivity index (χ0v) is 11.4. The zero-order chi connectivity index (χ0) is 14.3. The highest BCUT2D eigenvalue weighted by molar-refractivity contribution is 5.95. The summed E-state index contributed by atoms with van der Waals surface area (Å²) in [7, 11) is 0. The number of nitrogens with one attached hydrogen (secondary N) is 1. The molecule has 5 heteroatoms. The van der Waals surface area contributed by atoms with Gasteiger partial charge >= 0.3 is 5.97 Å². The molecule has 0 spiro atoms. The monoisotopic (exact) mass is 274 g/mol. The van der Waals surface area contributed by atoms with E-state index >= 15 is 0 Å². The first-order valence-corrected chi connectivity index (χ1v) is 6.95. The molecular weight excluding hydrogens is 256 g/mol. The lowest BCUT2D eigenvalue weighted by atomic mass is 9.86. The number of hydrogen-bond donors (Lipinski definition) is 2. The summed E-state index contributed by atoms with van der Waals surface area (Å²) in [6, 6.07) is 5.74. The highest BCUT2D eigenvalue weighted by atomic mass is 16.4. The summed E-state index contributed by atoms with van der Waals surface area (Å²) in [6.45, 7) is 3.72. The van der Waals surface area contributed by atoms with Crippen molar-refractivity contribution in [3.8, 4) is 0 Å². The van der Waals surface area contributed by atoms with Crippen LogP contribution in [0.25, 0.3) is 0 Å². The molecule has 0 radical (unpaired) electrons. The minimum Gasteiger partial charge on any atom is -0.481 e. The van der Waals surface area contributed by atoms with E-state index in [4.69, 9.17) is 5.11 Å². The number of carboxylic acid groups (broad SMARTS) is 1. The van der Waals surface area contributed by atoms with Crippen LogP contribution >= 0.6 is 0 Å². The smallest absolute Gasteiger partial charge is 0.306 e. The van der Waals surface area contributed by atoms with Crippen LogP contribution in [0.3, 0.4) is 0 Å². The topological polar surface area (TPSA) is 69.6 Å². The van der Waals surface area contributed by atoms with Crippen molar-refractivity contribution in [2.24, 2.45) is 11.8 Å². The Morgan fingerprint density at radius 3 is 2.85 bits per heavy atom. The summed E-state index contributed by atoms with van der Waals surface area (Å²) in [5, 5.41) is 12.2. The third-order valence-electron chi connectivity index (χ3n) is 4.36. The number of carbonyl (C=O) groups is 2. The number of rotatable bonds is 3. The second-order valence-electron chi connectivity index (χ2n) is 5.65. The molecule has 3 rings (SSSR count). The number of likely N-dealkylation sites (tertiary alicyclic amines) is 1. The Morgan fingerprint density at radius 1 is 1.40 bits per heavy atom. The normalized spacial score (nSPS) is 18.9. The molecule has 0 aliphatic carbocycles. The molecule has 0 saturated carbocycles. The van der Waals surface area contributed by atoms with Gasteiger partial charge in [0.15, 0.2) is 0 Å². The van der Waals surface area contributed by atoms with Crippen molar-refractivity contribution in [3.63, 3.8) is 0 Å². The molecular formula is C15H18N2O3. The van der Waals surface area contributed by atoms with Gasteiger partial charge in [0.25, 0.3) is 5.91 Å². The van der Waals surface area contributed by atoms with Gasteiger partial charge in [0, 0.05) is 36.8 Å². The fourth-order valence-corrected chi connectivity index (χ4v) is 2.82. The molecule has 1 amide bonds. The minimum atomic E-state index is -0.786. The summed E-state index contributed by atoms with van der Waals surface area (Å²) < 4.78 is 0. The number of anilines is 1. The van der Waals surface area contributed by atoms with Crippen LogP contribution in [-0.4, -0.2) is 41.5 Å². The summed E-state index contributed by atoms with van der Waals surface area (Å²) in [5.41, 5.74) is 3.00. The summed E-state index contributed by atoms with van der Waals surface area (Å²) in [4.78, 5) is 25.0. The number of aliphatic carboxylic acids is 1. The van der Waals surface area contributed by atoms with Crippen LogP contribution in [0.15, 0.2) is 18.2 Å². The predicted octanol–water partition coefficient (Wildman–Crippen LogP) is 1.45. The van der Waals surface area contributed by atoms with Crippen molar-refractivity contribution in [1.29, 1.82) is 0 Å². The van der Waals surface area contributed by atoms with E-state index in [0.29, 0.717) is 18.7 Å². The first-order valence-electron chi connectivity index (χ1n) is 6.95. The second kappa shape index (κ2) is 4.81. The molecule has 1 unspecified atom stereocenters. The number of nitrogens with zero attached hydrogens (tertiary/aromatic N) is 1. The van der Waals surface area contributed by atoms with Crippen molar-refractivity contribution >= 4 is 17.6 Å². The molecule has 2 N–H and O–H groups in total. The van der Waals surface area contributed by atoms with Gasteiger partial charge in [0.1, 0.15) is 0 Å². The lowest BCUT2D eigenvalue weighted by Gasteiger charge is -2.41. The highest BCUT2D eigenvalue weighted by Gasteiger charge is 2.37. The molecule has 1 saturated heterocycles. The van der Waals surface area contributed by atoms with Crippen LogP contribution in [0.2, 0.25) is 0 Å². The van der Waals surface area contributed by atoms with Gasteiger partial charge in [0.05, 0.1) is 5.92 Å². The quantitative estimate of drug-likeness (QED) is 0.875. The van der Waals surface area contributed by atoms with E-state index < -0.39 is 5.97 Å². The van der Waals surface area contributed by atoms with Gasteiger partial charge in [-0.3, -0.25) is 9.59 Å². The standard InChI is InChI=1S/C15H18N2O3/c1-9(15(19)20)12-7-17(8-12)14(18)11-2-3-13-10(6-11)4-5-16-13/h2-3,6,9,12,16H,4-5,7-8H2,1H3,(H,19,20). The van der Waals surface area contributed by atoms with Gasteiger partial charge in [-0.15, -0.1) is 0 Å². The maximum Gasteiger partial charge on any atom is 0.306 e. The van der Waals surface area contributed by atoms with Crippen molar-refractivity contribution in [2.75, 3.05) is 25.0 Å². The van der Waals surface area contributed by atoms with Crippen LogP contribution in [0.5, 0.6) is 0 Å². The van der Waals surface area contributed by atoms with E-state index in [2.05, 4.69) is 5.32 Å². The lowest BCUT2D eigenvalue weighted by molar-refractivity contribution is -0.144. The van der Waals surface area contributed by atoms with Gasteiger partial charge in [-0.25, -0.2) is 0 Å². The number of hydrogen-bond acceptors (Lipinski definition) is 3. The second-order valence-corrected chi connectivity index (χ2v) is 5.65. The van der Waals surface area contributed by atoms with E-state index in [1.165, 1.54) is 5.56 Å². The Morgan fingerprint density at radius 2 is 2.15 bits per heavy atom. The fraction of sp³-hybridized carbons (Fsp3) is 0.467. The predicted molar refractivity (Wildman–Crippen MR) is 74.8 cm³/mol. The third-order valence-corrected chi connectivity index (χ3v) is 4.36. The molecule has 106 valence electrons. The summed E-state index contributed by atoms with van der Waals surface area (Å²) in [6.07, 6.45) is 0.953. The summed E-state index contributed by atoms with van der Waals surface area (Å²) >= 11 is 0. The van der Waals surface area contributed by atoms with E-state index in [9.17, 15) is 9.59 Å². The van der Waals surface area contributed by atoms with E-state index in [0.717, 1.165) is 18.7 Å². The Hall–Kier alpha value is -2.04. The molecule has 20 heavy (non-hydrogen) atoms. The zero-order valence-electron chi connectivity index (χ0n) is 11.4. The number of fused-ring (bicyclic) bond motifs is 1. The van der Waals surface area contributed by atoms with Gasteiger partial charge < -0.3 is 15.3 Å². The lowest BCUT2D eigenvalue weighted by Crippen LogP contribution is -2.53. The van der Waals surface area contributed by atoms with Crippen LogP contribution in [0, 0.1) is 11.8 Å². The highest BCUT2D eigenvalue weighted by Crippen LogP contribution is 2.28. The third kappa shape index (κ3) is 2.13. The van der Waals surface area contributed by atoms with Crippen molar-refractivity contribution in [2.45, 2.75) is 13.3 Å². The SMILES string of the molecule is CC(C(=O)O)C1CN(C(=O)c2ccc3c(c2)CCN3)C1. The molecule has 5 nitrogen and oxygen atoms in total.